The van der Waals surface area contributed by atoms with E-state index in [9.17, 15) is 5.11 Å². The lowest BCUT2D eigenvalue weighted by molar-refractivity contribution is 0.208. The highest BCUT2D eigenvalue weighted by Gasteiger charge is 1.97. The third kappa shape index (κ3) is 9.83. The smallest absolute Gasteiger partial charge is 0.0730 e. The molecule has 0 spiro atoms. The van der Waals surface area contributed by atoms with Crippen LogP contribution in [0, 0.1) is 10.8 Å². The summed E-state index contributed by atoms with van der Waals surface area (Å²) in [7, 11) is 0. The van der Waals surface area contributed by atoms with Crippen LogP contribution in [0.15, 0.2) is 12.2 Å². The quantitative estimate of drug-likeness (QED) is 0.547. The predicted molar refractivity (Wildman–Crippen MR) is 65.2 cm³/mol. The maximum Gasteiger partial charge on any atom is 0.0730 e. The SMILES string of the molecule is CCCCCCC[C@@H](O)/C=C/C#CBr. The maximum atomic E-state index is 9.46. The van der Waals surface area contributed by atoms with Crippen molar-refractivity contribution in [3.63, 3.8) is 0 Å². The average Bonchev–Trinajstić information content (AvgIpc) is 2.18. The Labute approximate surface area is 95.7 Å². The topological polar surface area (TPSA) is 20.2 Å². The van der Waals surface area contributed by atoms with E-state index in [0.29, 0.717) is 0 Å². The Hall–Kier alpha value is -0.260. The molecule has 0 bridgehead atoms. The monoisotopic (exact) mass is 258 g/mol. The zero-order valence-electron chi connectivity index (χ0n) is 8.80. The van der Waals surface area contributed by atoms with Crippen molar-refractivity contribution in [3.8, 4) is 10.8 Å². The molecule has 0 aromatic rings. The van der Waals surface area contributed by atoms with Crippen molar-refractivity contribution in [1.29, 1.82) is 0 Å². The Morgan fingerprint density at radius 3 is 2.64 bits per heavy atom. The van der Waals surface area contributed by atoms with Crippen LogP contribution in [0.5, 0.6) is 0 Å². The summed E-state index contributed by atoms with van der Waals surface area (Å²) in [5.74, 6) is 2.72. The fourth-order valence-corrected chi connectivity index (χ4v) is 1.38. The van der Waals surface area contributed by atoms with Crippen molar-refractivity contribution < 1.29 is 5.11 Å². The molecule has 80 valence electrons. The Morgan fingerprint density at radius 1 is 1.29 bits per heavy atom. The van der Waals surface area contributed by atoms with E-state index >= 15 is 0 Å². The van der Waals surface area contributed by atoms with Gasteiger partial charge in [-0.1, -0.05) is 44.9 Å². The summed E-state index contributed by atoms with van der Waals surface area (Å²) in [5, 5.41) is 9.46. The van der Waals surface area contributed by atoms with Crippen LogP contribution in [0.1, 0.15) is 45.4 Å². The van der Waals surface area contributed by atoms with Gasteiger partial charge in [0.1, 0.15) is 0 Å². The highest BCUT2D eigenvalue weighted by molar-refractivity contribution is 9.12. The summed E-state index contributed by atoms with van der Waals surface area (Å²) >= 11 is 2.99. The highest BCUT2D eigenvalue weighted by Crippen LogP contribution is 2.07. The zero-order valence-corrected chi connectivity index (χ0v) is 10.4. The van der Waals surface area contributed by atoms with E-state index in [2.05, 4.69) is 33.6 Å². The first-order chi connectivity index (χ1) is 6.81. The van der Waals surface area contributed by atoms with Crippen LogP contribution in [0.2, 0.25) is 0 Å². The lowest BCUT2D eigenvalue weighted by Gasteiger charge is -2.03. The van der Waals surface area contributed by atoms with Crippen molar-refractivity contribution in [1.82, 2.24) is 0 Å². The standard InChI is InChI=1S/C12H19BrO/c1-2-3-4-5-6-9-12(14)10-7-8-11-13/h7,10,12,14H,2-6,9H2,1H3/b10-7+/t12-/m1/s1. The van der Waals surface area contributed by atoms with Gasteiger partial charge >= 0.3 is 0 Å². The van der Waals surface area contributed by atoms with Crippen LogP contribution in [-0.2, 0) is 0 Å². The van der Waals surface area contributed by atoms with Crippen LogP contribution in [0.3, 0.4) is 0 Å². The minimum atomic E-state index is -0.329. The molecule has 2 heteroatoms. The van der Waals surface area contributed by atoms with Gasteiger partial charge in [-0.05, 0) is 23.4 Å². The second kappa shape index (κ2) is 10.8. The van der Waals surface area contributed by atoms with E-state index in [-0.39, 0.29) is 6.10 Å². The van der Waals surface area contributed by atoms with Gasteiger partial charge in [-0.2, -0.15) is 0 Å². The number of aliphatic hydroxyl groups excluding tert-OH is 1. The van der Waals surface area contributed by atoms with Crippen LogP contribution in [0.25, 0.3) is 0 Å². The number of halogens is 1. The zero-order chi connectivity index (χ0) is 10.6. The summed E-state index contributed by atoms with van der Waals surface area (Å²) in [6, 6.07) is 0. The van der Waals surface area contributed by atoms with E-state index < -0.39 is 0 Å². The molecule has 1 N–H and O–H groups in total. The maximum absolute atomic E-state index is 9.46. The summed E-state index contributed by atoms with van der Waals surface area (Å²) in [6.07, 6.45) is 10.1. The number of aliphatic hydroxyl groups is 1. The molecular formula is C12H19BrO. The van der Waals surface area contributed by atoms with Crippen molar-refractivity contribution in [2.24, 2.45) is 0 Å². The molecule has 0 radical (unpaired) electrons. The first kappa shape index (κ1) is 13.7. The second-order valence-corrected chi connectivity index (χ2v) is 3.76. The average molecular weight is 259 g/mol. The Balaban J connectivity index is 3.33. The first-order valence-electron chi connectivity index (χ1n) is 5.27. The van der Waals surface area contributed by atoms with Crippen LogP contribution in [0.4, 0.5) is 0 Å². The van der Waals surface area contributed by atoms with Gasteiger partial charge < -0.3 is 5.11 Å². The molecule has 0 amide bonds. The molecular weight excluding hydrogens is 240 g/mol. The minimum Gasteiger partial charge on any atom is -0.389 e. The molecule has 0 aromatic heterocycles. The van der Waals surface area contributed by atoms with Gasteiger partial charge in [0.05, 0.1) is 6.10 Å². The van der Waals surface area contributed by atoms with Gasteiger partial charge in [0.2, 0.25) is 0 Å². The molecule has 0 aromatic carbocycles. The van der Waals surface area contributed by atoms with Gasteiger partial charge in [-0.3, -0.25) is 0 Å². The van der Waals surface area contributed by atoms with Crippen molar-refractivity contribution >= 4 is 15.9 Å². The van der Waals surface area contributed by atoms with Gasteiger partial charge in [0.25, 0.3) is 0 Å². The Bertz CT molecular complexity index is 200. The number of unbranched alkanes of at least 4 members (excludes halogenated alkanes) is 4. The fourth-order valence-electron chi connectivity index (χ4n) is 1.24. The molecule has 0 heterocycles. The van der Waals surface area contributed by atoms with E-state index in [1.165, 1.54) is 25.7 Å². The van der Waals surface area contributed by atoms with Crippen molar-refractivity contribution in [2.75, 3.05) is 0 Å². The third-order valence-electron chi connectivity index (χ3n) is 2.06. The van der Waals surface area contributed by atoms with Gasteiger partial charge in [0, 0.05) is 15.9 Å². The van der Waals surface area contributed by atoms with Crippen molar-refractivity contribution in [3.05, 3.63) is 12.2 Å². The number of rotatable bonds is 7. The van der Waals surface area contributed by atoms with E-state index in [1.54, 1.807) is 12.2 Å². The number of hydrogen-bond donors (Lipinski definition) is 1. The summed E-state index contributed by atoms with van der Waals surface area (Å²) in [6.45, 7) is 2.20. The molecule has 0 aliphatic heterocycles. The van der Waals surface area contributed by atoms with E-state index in [4.69, 9.17) is 0 Å². The van der Waals surface area contributed by atoms with E-state index in [1.807, 2.05) is 0 Å². The van der Waals surface area contributed by atoms with Crippen molar-refractivity contribution in [2.45, 2.75) is 51.6 Å². The molecule has 0 fully saturated rings. The summed E-state index contributed by atoms with van der Waals surface area (Å²) < 4.78 is 0. The second-order valence-electron chi connectivity index (χ2n) is 3.37. The van der Waals surface area contributed by atoms with Crippen LogP contribution in [-0.4, -0.2) is 11.2 Å². The lowest BCUT2D eigenvalue weighted by Crippen LogP contribution is -2.01. The molecule has 0 unspecified atom stereocenters. The van der Waals surface area contributed by atoms with Gasteiger partial charge in [-0.25, -0.2) is 0 Å². The van der Waals surface area contributed by atoms with Gasteiger partial charge in [0.15, 0.2) is 0 Å². The molecule has 0 saturated carbocycles. The summed E-state index contributed by atoms with van der Waals surface area (Å²) in [4.78, 5) is 2.57. The molecule has 0 saturated heterocycles. The minimum absolute atomic E-state index is 0.329. The Morgan fingerprint density at radius 2 is 2.00 bits per heavy atom. The van der Waals surface area contributed by atoms with Crippen LogP contribution < -0.4 is 0 Å². The molecule has 1 nitrogen and oxygen atoms in total. The fraction of sp³-hybridized carbons (Fsp3) is 0.667. The highest BCUT2D eigenvalue weighted by atomic mass is 79.9. The normalized spacial score (nSPS) is 12.5. The summed E-state index contributed by atoms with van der Waals surface area (Å²) in [5.41, 5.74) is 0. The lowest BCUT2D eigenvalue weighted by atomic mass is 10.1. The number of hydrogen-bond acceptors (Lipinski definition) is 1. The van der Waals surface area contributed by atoms with E-state index in [0.717, 1.165) is 12.8 Å². The largest absolute Gasteiger partial charge is 0.389 e. The number of allylic oxidation sites excluding steroid dienone is 1. The molecule has 1 atom stereocenters. The molecule has 14 heavy (non-hydrogen) atoms. The predicted octanol–water partition coefficient (Wildman–Crippen LogP) is 3.62. The molecule has 0 aliphatic rings. The first-order valence-corrected chi connectivity index (χ1v) is 6.06. The Kier molecular flexibility index (Phi) is 10.6. The third-order valence-corrected chi connectivity index (χ3v) is 2.29. The van der Waals surface area contributed by atoms with Gasteiger partial charge in [-0.15, -0.1) is 0 Å². The van der Waals surface area contributed by atoms with Crippen LogP contribution >= 0.6 is 15.9 Å². The molecule has 0 aliphatic carbocycles. The molecule has 0 rings (SSSR count).